The summed E-state index contributed by atoms with van der Waals surface area (Å²) in [6.07, 6.45) is 1.65. The van der Waals surface area contributed by atoms with Crippen molar-refractivity contribution in [3.8, 4) is 5.75 Å². The standard InChI is InChI=1S/C23H13Br2ClFNO3S/c24-18-9-14(10-19(25)21(18)31-12-13-1-5-16(27)6-2-13)11-20-22(29)28(23(30)32-20)17-7-3-15(26)4-8-17/h1-11H,12H2/b20-11+. The molecule has 3 aromatic rings. The Balaban J connectivity index is 1.54. The molecule has 1 fully saturated rings. The molecule has 0 N–H and O–H groups in total. The fraction of sp³-hybridized carbons (Fsp3) is 0.0435. The van der Waals surface area contributed by atoms with Gasteiger partial charge in [0.25, 0.3) is 11.1 Å². The van der Waals surface area contributed by atoms with Crippen LogP contribution < -0.4 is 9.64 Å². The van der Waals surface area contributed by atoms with Crippen molar-refractivity contribution in [1.29, 1.82) is 0 Å². The maximum Gasteiger partial charge on any atom is 0.298 e. The summed E-state index contributed by atoms with van der Waals surface area (Å²) < 4.78 is 20.2. The van der Waals surface area contributed by atoms with Gasteiger partial charge in [-0.05, 0) is 109 Å². The number of ether oxygens (including phenoxy) is 1. The van der Waals surface area contributed by atoms with E-state index in [0.29, 0.717) is 35.9 Å². The molecule has 4 nitrogen and oxygen atoms in total. The van der Waals surface area contributed by atoms with Gasteiger partial charge in [0.15, 0.2) is 0 Å². The van der Waals surface area contributed by atoms with Gasteiger partial charge in [-0.15, -0.1) is 0 Å². The number of benzene rings is 3. The molecule has 1 heterocycles. The molecule has 3 aromatic carbocycles. The highest BCUT2D eigenvalue weighted by Gasteiger charge is 2.36. The predicted octanol–water partition coefficient (Wildman–Crippen LogP) is 7.82. The van der Waals surface area contributed by atoms with E-state index in [0.717, 1.165) is 22.2 Å². The first-order chi connectivity index (χ1) is 15.3. The number of rotatable bonds is 5. The first kappa shape index (κ1) is 23.0. The number of imide groups is 1. The Bertz CT molecular complexity index is 1210. The number of thioether (sulfide) groups is 1. The minimum Gasteiger partial charge on any atom is -0.487 e. The van der Waals surface area contributed by atoms with E-state index < -0.39 is 5.91 Å². The molecule has 9 heteroatoms. The molecule has 0 unspecified atom stereocenters. The smallest absolute Gasteiger partial charge is 0.298 e. The van der Waals surface area contributed by atoms with Gasteiger partial charge in [-0.3, -0.25) is 9.59 Å². The highest BCUT2D eigenvalue weighted by molar-refractivity contribution is 9.11. The third-order valence-corrected chi connectivity index (χ3v) is 6.79. The highest BCUT2D eigenvalue weighted by Crippen LogP contribution is 2.39. The maximum absolute atomic E-state index is 13.1. The molecule has 1 saturated heterocycles. The number of amides is 2. The lowest BCUT2D eigenvalue weighted by atomic mass is 10.2. The van der Waals surface area contributed by atoms with Crippen molar-refractivity contribution in [3.63, 3.8) is 0 Å². The van der Waals surface area contributed by atoms with Gasteiger partial charge >= 0.3 is 0 Å². The lowest BCUT2D eigenvalue weighted by Crippen LogP contribution is -2.27. The third-order valence-electron chi connectivity index (χ3n) is 4.49. The van der Waals surface area contributed by atoms with Crippen LogP contribution in [-0.4, -0.2) is 11.1 Å². The first-order valence-electron chi connectivity index (χ1n) is 9.21. The maximum atomic E-state index is 13.1. The van der Waals surface area contributed by atoms with E-state index in [1.165, 1.54) is 12.1 Å². The normalized spacial score (nSPS) is 15.0. The molecule has 0 spiro atoms. The van der Waals surface area contributed by atoms with Gasteiger partial charge in [0.05, 0.1) is 19.5 Å². The van der Waals surface area contributed by atoms with Crippen molar-refractivity contribution >= 4 is 78.1 Å². The van der Waals surface area contributed by atoms with E-state index in [2.05, 4.69) is 31.9 Å². The Kier molecular flexibility index (Phi) is 7.05. The molecule has 2 amide bonds. The Morgan fingerprint density at radius 2 is 1.62 bits per heavy atom. The van der Waals surface area contributed by atoms with Gasteiger partial charge in [0.1, 0.15) is 18.2 Å². The molecule has 4 rings (SSSR count). The molecule has 0 radical (unpaired) electrons. The quantitative estimate of drug-likeness (QED) is 0.282. The molecule has 32 heavy (non-hydrogen) atoms. The number of nitrogens with zero attached hydrogens (tertiary/aromatic N) is 1. The second-order valence-corrected chi connectivity index (χ2v) is 9.86. The van der Waals surface area contributed by atoms with Crippen molar-refractivity contribution in [1.82, 2.24) is 0 Å². The Hall–Kier alpha value is -2.13. The van der Waals surface area contributed by atoms with E-state index in [4.69, 9.17) is 16.3 Å². The van der Waals surface area contributed by atoms with Crippen LogP contribution in [0, 0.1) is 5.82 Å². The monoisotopic (exact) mass is 595 g/mol. The number of hydrogen-bond acceptors (Lipinski definition) is 4. The molecule has 0 saturated carbocycles. The first-order valence-corrected chi connectivity index (χ1v) is 12.0. The SMILES string of the molecule is O=C1S/C(=C/c2cc(Br)c(OCc3ccc(F)cc3)c(Br)c2)C(=O)N1c1ccc(Cl)cc1. The zero-order valence-corrected chi connectivity index (χ0v) is 20.9. The average molecular weight is 598 g/mol. The molecule has 0 bridgehead atoms. The van der Waals surface area contributed by atoms with Crippen molar-refractivity contribution < 1.29 is 18.7 Å². The van der Waals surface area contributed by atoms with Crippen LogP contribution in [0.15, 0.2) is 74.5 Å². The van der Waals surface area contributed by atoms with Crippen LogP contribution in [0.5, 0.6) is 5.75 Å². The van der Waals surface area contributed by atoms with Gasteiger partial charge < -0.3 is 4.74 Å². The fourth-order valence-corrected chi connectivity index (χ4v) is 5.39. The average Bonchev–Trinajstić information content (AvgIpc) is 3.02. The van der Waals surface area contributed by atoms with Gasteiger partial charge in [-0.1, -0.05) is 23.7 Å². The van der Waals surface area contributed by atoms with E-state index in [9.17, 15) is 14.0 Å². The van der Waals surface area contributed by atoms with Gasteiger partial charge in [-0.2, -0.15) is 0 Å². The van der Waals surface area contributed by atoms with Crippen molar-refractivity contribution in [2.45, 2.75) is 6.61 Å². The Morgan fingerprint density at radius 1 is 1.00 bits per heavy atom. The van der Waals surface area contributed by atoms with Crippen LogP contribution in [0.3, 0.4) is 0 Å². The summed E-state index contributed by atoms with van der Waals surface area (Å²) in [7, 11) is 0. The van der Waals surface area contributed by atoms with E-state index >= 15 is 0 Å². The van der Waals surface area contributed by atoms with Crippen LogP contribution in [0.2, 0.25) is 5.02 Å². The summed E-state index contributed by atoms with van der Waals surface area (Å²) in [5.74, 6) is -0.132. The molecule has 0 aliphatic carbocycles. The fourth-order valence-electron chi connectivity index (χ4n) is 2.97. The van der Waals surface area contributed by atoms with Crippen LogP contribution >= 0.6 is 55.2 Å². The second kappa shape index (κ2) is 9.79. The van der Waals surface area contributed by atoms with Gasteiger partial charge in [0.2, 0.25) is 0 Å². The molecule has 1 aliphatic rings. The molecule has 0 aromatic heterocycles. The summed E-state index contributed by atoms with van der Waals surface area (Å²) in [4.78, 5) is 26.7. The van der Waals surface area contributed by atoms with Crippen LogP contribution in [0.4, 0.5) is 14.9 Å². The topological polar surface area (TPSA) is 46.6 Å². The Labute approximate surface area is 209 Å². The summed E-state index contributed by atoms with van der Waals surface area (Å²) in [6.45, 7) is 0.261. The molecule has 0 atom stereocenters. The molecule has 162 valence electrons. The number of anilines is 1. The lowest BCUT2D eigenvalue weighted by molar-refractivity contribution is -0.113. The van der Waals surface area contributed by atoms with E-state index in [-0.39, 0.29) is 17.7 Å². The number of halogens is 4. The van der Waals surface area contributed by atoms with E-state index in [1.807, 2.05) is 0 Å². The minimum atomic E-state index is -0.397. The van der Waals surface area contributed by atoms with E-state index in [1.54, 1.807) is 54.6 Å². The van der Waals surface area contributed by atoms with Crippen LogP contribution in [-0.2, 0) is 11.4 Å². The van der Waals surface area contributed by atoms with Gasteiger partial charge in [-0.25, -0.2) is 9.29 Å². The lowest BCUT2D eigenvalue weighted by Gasteiger charge is -2.12. The predicted molar refractivity (Wildman–Crippen MR) is 132 cm³/mol. The highest BCUT2D eigenvalue weighted by atomic mass is 79.9. The second-order valence-electron chi connectivity index (χ2n) is 6.72. The zero-order valence-electron chi connectivity index (χ0n) is 16.2. The van der Waals surface area contributed by atoms with Crippen molar-refractivity contribution in [2.24, 2.45) is 0 Å². The van der Waals surface area contributed by atoms with Crippen LogP contribution in [0.1, 0.15) is 11.1 Å². The van der Waals surface area contributed by atoms with Crippen LogP contribution in [0.25, 0.3) is 6.08 Å². The van der Waals surface area contributed by atoms with Crippen molar-refractivity contribution in [3.05, 3.63) is 96.5 Å². The number of carbonyl (C=O) groups is 2. The summed E-state index contributed by atoms with van der Waals surface area (Å²) >= 11 is 13.7. The minimum absolute atomic E-state index is 0.261. The van der Waals surface area contributed by atoms with Crippen molar-refractivity contribution in [2.75, 3.05) is 4.90 Å². The van der Waals surface area contributed by atoms with Gasteiger partial charge in [0, 0.05) is 5.02 Å². The third kappa shape index (κ3) is 5.09. The molecule has 1 aliphatic heterocycles. The largest absolute Gasteiger partial charge is 0.487 e. The number of carbonyl (C=O) groups excluding carboxylic acids is 2. The summed E-state index contributed by atoms with van der Waals surface area (Å²) in [6, 6.07) is 16.2. The molecular formula is C23H13Br2ClFNO3S. The zero-order chi connectivity index (χ0) is 22.8. The molecular weight excluding hydrogens is 585 g/mol. The Morgan fingerprint density at radius 3 is 2.25 bits per heavy atom. The summed E-state index contributed by atoms with van der Waals surface area (Å²) in [5.41, 5.74) is 2.00. The number of hydrogen-bond donors (Lipinski definition) is 0. The summed E-state index contributed by atoms with van der Waals surface area (Å²) in [5, 5.41) is 0.147.